The molecule has 0 bridgehead atoms. The Morgan fingerprint density at radius 1 is 1.07 bits per heavy atom. The number of amides is 3. The van der Waals surface area contributed by atoms with Gasteiger partial charge < -0.3 is 15.1 Å². The van der Waals surface area contributed by atoms with Crippen LogP contribution in [0.5, 0.6) is 0 Å². The first-order valence-electron chi connectivity index (χ1n) is 9.74. The Hall–Kier alpha value is -2.86. The van der Waals surface area contributed by atoms with Crippen LogP contribution in [-0.2, 0) is 20.9 Å². The third-order valence-electron chi connectivity index (χ3n) is 5.43. The van der Waals surface area contributed by atoms with E-state index in [-0.39, 0.29) is 24.1 Å². The van der Waals surface area contributed by atoms with Crippen molar-refractivity contribution >= 4 is 40.7 Å². The minimum atomic E-state index is -0.438. The maximum absolute atomic E-state index is 12.9. The summed E-state index contributed by atoms with van der Waals surface area (Å²) in [7, 11) is 0. The van der Waals surface area contributed by atoms with Crippen molar-refractivity contribution in [3.63, 3.8) is 0 Å². The fraction of sp³-hybridized carbons (Fsp3) is 0.318. The van der Waals surface area contributed by atoms with Gasteiger partial charge in [-0.3, -0.25) is 14.4 Å². The van der Waals surface area contributed by atoms with Crippen molar-refractivity contribution in [2.45, 2.75) is 25.8 Å². The van der Waals surface area contributed by atoms with E-state index in [1.54, 1.807) is 21.9 Å². The second-order valence-corrected chi connectivity index (χ2v) is 7.83. The Kier molecular flexibility index (Phi) is 5.53. The van der Waals surface area contributed by atoms with Crippen molar-refractivity contribution in [3.05, 3.63) is 59.1 Å². The molecule has 2 fully saturated rings. The molecule has 0 radical (unpaired) electrons. The van der Waals surface area contributed by atoms with Crippen molar-refractivity contribution in [1.82, 2.24) is 4.90 Å². The average molecular weight is 412 g/mol. The zero-order valence-corrected chi connectivity index (χ0v) is 16.7. The van der Waals surface area contributed by atoms with E-state index >= 15 is 0 Å². The molecule has 2 aromatic rings. The lowest BCUT2D eigenvalue weighted by Gasteiger charge is -2.21. The van der Waals surface area contributed by atoms with E-state index in [4.69, 9.17) is 11.6 Å². The van der Waals surface area contributed by atoms with Gasteiger partial charge in [-0.05, 0) is 30.2 Å². The highest BCUT2D eigenvalue weighted by molar-refractivity contribution is 6.31. The van der Waals surface area contributed by atoms with Crippen LogP contribution in [0.2, 0.25) is 5.02 Å². The van der Waals surface area contributed by atoms with Crippen LogP contribution in [0.4, 0.5) is 11.4 Å². The second-order valence-electron chi connectivity index (χ2n) is 7.42. The number of nitrogens with one attached hydrogen (secondary N) is 1. The molecule has 0 aromatic heterocycles. The SMILES string of the molecule is O=C(Nc1ccccc1N1CCCC1=O)[C@@H]1CC(=O)N(Cc2ccccc2Cl)C1. The van der Waals surface area contributed by atoms with E-state index in [1.165, 1.54) is 0 Å². The van der Waals surface area contributed by atoms with Crippen LogP contribution in [0.1, 0.15) is 24.8 Å². The number of anilines is 2. The number of benzene rings is 2. The smallest absolute Gasteiger partial charge is 0.229 e. The Morgan fingerprint density at radius 3 is 2.59 bits per heavy atom. The molecule has 4 rings (SSSR count). The lowest BCUT2D eigenvalue weighted by molar-refractivity contribution is -0.128. The molecule has 3 amide bonds. The van der Waals surface area contributed by atoms with Gasteiger partial charge in [0.1, 0.15) is 0 Å². The number of likely N-dealkylation sites (tertiary alicyclic amines) is 1. The molecule has 1 N–H and O–H groups in total. The van der Waals surface area contributed by atoms with Crippen molar-refractivity contribution in [1.29, 1.82) is 0 Å². The molecule has 2 saturated heterocycles. The standard InChI is InChI=1S/C22H22ClN3O3/c23-17-7-2-1-6-15(17)13-25-14-16(12-21(25)28)22(29)24-18-8-3-4-9-19(18)26-11-5-10-20(26)27/h1-4,6-9,16H,5,10-14H2,(H,24,29)/t16-/m1/s1. The highest BCUT2D eigenvalue weighted by atomic mass is 35.5. The first-order valence-corrected chi connectivity index (χ1v) is 10.1. The molecule has 1 atom stereocenters. The Bertz CT molecular complexity index is 962. The number of hydrogen-bond donors (Lipinski definition) is 1. The number of rotatable bonds is 5. The van der Waals surface area contributed by atoms with Crippen LogP contribution in [0, 0.1) is 5.92 Å². The maximum atomic E-state index is 12.9. The largest absolute Gasteiger partial charge is 0.337 e. The molecule has 2 aliphatic heterocycles. The molecular formula is C22H22ClN3O3. The Balaban J connectivity index is 1.44. The quantitative estimate of drug-likeness (QED) is 0.819. The monoisotopic (exact) mass is 411 g/mol. The first-order chi connectivity index (χ1) is 14.0. The third-order valence-corrected chi connectivity index (χ3v) is 5.80. The molecule has 150 valence electrons. The summed E-state index contributed by atoms with van der Waals surface area (Å²) in [5, 5.41) is 3.54. The van der Waals surface area contributed by atoms with Gasteiger partial charge in [0.05, 0.1) is 17.3 Å². The summed E-state index contributed by atoms with van der Waals surface area (Å²) in [6.45, 7) is 1.39. The number of halogens is 1. The molecule has 29 heavy (non-hydrogen) atoms. The zero-order valence-electron chi connectivity index (χ0n) is 15.9. The minimum Gasteiger partial charge on any atom is -0.337 e. The highest BCUT2D eigenvalue weighted by Gasteiger charge is 2.35. The van der Waals surface area contributed by atoms with Gasteiger partial charge >= 0.3 is 0 Å². The third kappa shape index (κ3) is 4.12. The molecule has 0 spiro atoms. The molecule has 7 heteroatoms. The lowest BCUT2D eigenvalue weighted by atomic mass is 10.1. The van der Waals surface area contributed by atoms with Crippen LogP contribution in [0.3, 0.4) is 0 Å². The summed E-state index contributed by atoms with van der Waals surface area (Å²) in [6.07, 6.45) is 1.51. The van der Waals surface area contributed by atoms with Crippen molar-refractivity contribution in [2.75, 3.05) is 23.3 Å². The van der Waals surface area contributed by atoms with Gasteiger partial charge in [0.25, 0.3) is 0 Å². The van der Waals surface area contributed by atoms with Gasteiger partial charge in [-0.1, -0.05) is 41.9 Å². The fourth-order valence-corrected chi connectivity index (χ4v) is 4.08. The van der Waals surface area contributed by atoms with Crippen LogP contribution < -0.4 is 10.2 Å². The number of hydrogen-bond acceptors (Lipinski definition) is 3. The topological polar surface area (TPSA) is 69.7 Å². The number of para-hydroxylation sites is 2. The van der Waals surface area contributed by atoms with Gasteiger partial charge in [-0.2, -0.15) is 0 Å². The van der Waals surface area contributed by atoms with Crippen molar-refractivity contribution in [3.8, 4) is 0 Å². The summed E-state index contributed by atoms with van der Waals surface area (Å²) < 4.78 is 0. The first kappa shape index (κ1) is 19.5. The predicted octanol–water partition coefficient (Wildman–Crippen LogP) is 3.45. The molecule has 0 saturated carbocycles. The number of carbonyl (C=O) groups is 3. The van der Waals surface area contributed by atoms with Gasteiger partial charge in [-0.25, -0.2) is 0 Å². The van der Waals surface area contributed by atoms with Gasteiger partial charge in [0.2, 0.25) is 17.7 Å². The van der Waals surface area contributed by atoms with E-state index in [2.05, 4.69) is 5.32 Å². The molecule has 2 aliphatic rings. The summed E-state index contributed by atoms with van der Waals surface area (Å²) in [5.41, 5.74) is 2.17. The van der Waals surface area contributed by atoms with E-state index in [9.17, 15) is 14.4 Å². The lowest BCUT2D eigenvalue weighted by Crippen LogP contribution is -2.29. The van der Waals surface area contributed by atoms with E-state index in [0.29, 0.717) is 42.5 Å². The zero-order chi connectivity index (χ0) is 20.4. The molecule has 6 nitrogen and oxygen atoms in total. The van der Waals surface area contributed by atoms with Crippen LogP contribution in [0.15, 0.2) is 48.5 Å². The molecule has 0 unspecified atom stereocenters. The van der Waals surface area contributed by atoms with Gasteiger partial charge in [-0.15, -0.1) is 0 Å². The number of nitrogens with zero attached hydrogens (tertiary/aromatic N) is 2. The average Bonchev–Trinajstić information content (AvgIpc) is 3.30. The second kappa shape index (κ2) is 8.25. The van der Waals surface area contributed by atoms with Crippen LogP contribution >= 0.6 is 11.6 Å². The summed E-state index contributed by atoms with van der Waals surface area (Å²) in [6, 6.07) is 14.7. The Morgan fingerprint density at radius 2 is 1.83 bits per heavy atom. The number of carbonyl (C=O) groups excluding carboxylic acids is 3. The molecular weight excluding hydrogens is 390 g/mol. The van der Waals surface area contributed by atoms with E-state index in [0.717, 1.165) is 12.0 Å². The van der Waals surface area contributed by atoms with Crippen molar-refractivity contribution < 1.29 is 14.4 Å². The van der Waals surface area contributed by atoms with Gasteiger partial charge in [0, 0.05) is 37.5 Å². The van der Waals surface area contributed by atoms with Gasteiger partial charge in [0.15, 0.2) is 0 Å². The van der Waals surface area contributed by atoms with Crippen molar-refractivity contribution in [2.24, 2.45) is 5.92 Å². The fourth-order valence-electron chi connectivity index (χ4n) is 3.89. The molecule has 0 aliphatic carbocycles. The Labute approximate surface area is 174 Å². The van der Waals surface area contributed by atoms with Crippen LogP contribution in [0.25, 0.3) is 0 Å². The summed E-state index contributed by atoms with van der Waals surface area (Å²) in [4.78, 5) is 40.8. The van der Waals surface area contributed by atoms with E-state index < -0.39 is 5.92 Å². The van der Waals surface area contributed by atoms with E-state index in [1.807, 2.05) is 36.4 Å². The predicted molar refractivity (Wildman–Crippen MR) is 112 cm³/mol. The summed E-state index contributed by atoms with van der Waals surface area (Å²) in [5.74, 6) is -0.645. The summed E-state index contributed by atoms with van der Waals surface area (Å²) >= 11 is 6.20. The minimum absolute atomic E-state index is 0.0620. The maximum Gasteiger partial charge on any atom is 0.229 e. The molecule has 2 aromatic carbocycles. The normalized spacial score (nSPS) is 19.1. The van der Waals surface area contributed by atoms with Crippen LogP contribution in [-0.4, -0.2) is 35.7 Å². The molecule has 2 heterocycles. The highest BCUT2D eigenvalue weighted by Crippen LogP contribution is 2.31.